The van der Waals surface area contributed by atoms with Crippen molar-refractivity contribution in [3.05, 3.63) is 84.7 Å². The summed E-state index contributed by atoms with van der Waals surface area (Å²) in [6.45, 7) is 0.355. The number of carbonyl (C=O) groups excluding carboxylic acids is 1. The highest BCUT2D eigenvalue weighted by Crippen LogP contribution is 2.27. The second kappa shape index (κ2) is 8.48. The molecule has 6 heteroatoms. The molecule has 0 aliphatic rings. The Morgan fingerprint density at radius 3 is 2.41 bits per heavy atom. The van der Waals surface area contributed by atoms with Crippen molar-refractivity contribution < 1.29 is 14.3 Å². The number of nitrogens with zero attached hydrogens (tertiary/aromatic N) is 2. The molecule has 29 heavy (non-hydrogen) atoms. The Morgan fingerprint density at radius 1 is 0.931 bits per heavy atom. The van der Waals surface area contributed by atoms with Crippen LogP contribution in [0.4, 0.5) is 5.69 Å². The lowest BCUT2D eigenvalue weighted by molar-refractivity contribution is -0.116. The molecule has 0 aliphatic heterocycles. The predicted octanol–water partition coefficient (Wildman–Crippen LogP) is 4.26. The number of fused-ring (bicyclic) bond motifs is 1. The lowest BCUT2D eigenvalue weighted by Gasteiger charge is -2.12. The van der Waals surface area contributed by atoms with Crippen molar-refractivity contribution >= 4 is 22.6 Å². The van der Waals surface area contributed by atoms with Crippen molar-refractivity contribution in [3.8, 4) is 11.5 Å². The Morgan fingerprint density at radius 2 is 1.62 bits per heavy atom. The van der Waals surface area contributed by atoms with Crippen LogP contribution in [0.5, 0.6) is 11.5 Å². The molecule has 0 radical (unpaired) electrons. The second-order valence-electron chi connectivity index (χ2n) is 6.46. The zero-order chi connectivity index (χ0) is 20.1. The lowest BCUT2D eigenvalue weighted by atomic mass is 10.3. The summed E-state index contributed by atoms with van der Waals surface area (Å²) < 4.78 is 13.2. The van der Waals surface area contributed by atoms with Gasteiger partial charge in [-0.25, -0.2) is 4.98 Å². The molecule has 0 atom stereocenters. The third kappa shape index (κ3) is 4.21. The summed E-state index contributed by atoms with van der Waals surface area (Å²) in [5.74, 6) is 1.82. The summed E-state index contributed by atoms with van der Waals surface area (Å²) in [5, 5.41) is 2.92. The quantitative estimate of drug-likeness (QED) is 0.515. The van der Waals surface area contributed by atoms with E-state index in [2.05, 4.69) is 10.3 Å². The molecule has 0 aliphatic carbocycles. The molecule has 1 aromatic heterocycles. The first kappa shape index (κ1) is 18.6. The number of amides is 1. The van der Waals surface area contributed by atoms with Gasteiger partial charge in [-0.05, 0) is 36.4 Å². The van der Waals surface area contributed by atoms with E-state index in [4.69, 9.17) is 9.47 Å². The molecule has 0 saturated heterocycles. The van der Waals surface area contributed by atoms with Crippen LogP contribution in [0.1, 0.15) is 5.82 Å². The molecular weight excluding hydrogens is 366 g/mol. The fraction of sp³-hybridized carbons (Fsp3) is 0.130. The van der Waals surface area contributed by atoms with Crippen LogP contribution in [0.25, 0.3) is 11.0 Å². The van der Waals surface area contributed by atoms with E-state index in [0.29, 0.717) is 17.3 Å². The zero-order valence-corrected chi connectivity index (χ0v) is 16.0. The van der Waals surface area contributed by atoms with Gasteiger partial charge in [-0.3, -0.25) is 4.79 Å². The van der Waals surface area contributed by atoms with Gasteiger partial charge < -0.3 is 19.4 Å². The average molecular weight is 387 g/mol. The van der Waals surface area contributed by atoms with Gasteiger partial charge >= 0.3 is 0 Å². The van der Waals surface area contributed by atoms with E-state index in [9.17, 15) is 4.79 Å². The Labute approximate surface area is 168 Å². The molecule has 0 unspecified atom stereocenters. The van der Waals surface area contributed by atoms with Gasteiger partial charge in [-0.1, -0.05) is 42.5 Å². The van der Waals surface area contributed by atoms with Crippen molar-refractivity contribution in [2.75, 3.05) is 12.4 Å². The van der Waals surface area contributed by atoms with Crippen molar-refractivity contribution in [2.45, 2.75) is 13.2 Å². The number of carbonyl (C=O) groups is 1. The zero-order valence-electron chi connectivity index (χ0n) is 16.0. The number of rotatable bonds is 7. The average Bonchev–Trinajstić information content (AvgIpc) is 3.10. The molecule has 146 valence electrons. The lowest BCUT2D eigenvalue weighted by Crippen LogP contribution is -2.20. The highest BCUT2D eigenvalue weighted by molar-refractivity contribution is 5.91. The van der Waals surface area contributed by atoms with Crippen molar-refractivity contribution in [2.24, 2.45) is 0 Å². The Kier molecular flexibility index (Phi) is 5.42. The maximum absolute atomic E-state index is 12.6. The van der Waals surface area contributed by atoms with Gasteiger partial charge in [0.1, 0.15) is 19.0 Å². The Bertz CT molecular complexity index is 1120. The van der Waals surface area contributed by atoms with E-state index in [1.165, 1.54) is 0 Å². The third-order valence-electron chi connectivity index (χ3n) is 4.52. The second-order valence-corrected chi connectivity index (χ2v) is 6.46. The van der Waals surface area contributed by atoms with Crippen LogP contribution in [-0.4, -0.2) is 22.6 Å². The van der Waals surface area contributed by atoms with Crippen molar-refractivity contribution in [1.82, 2.24) is 9.55 Å². The van der Waals surface area contributed by atoms with Gasteiger partial charge in [0.15, 0.2) is 11.5 Å². The number of para-hydroxylation sites is 5. The van der Waals surface area contributed by atoms with E-state index in [1.54, 1.807) is 7.11 Å². The number of ether oxygens (including phenoxy) is 2. The number of anilines is 1. The summed E-state index contributed by atoms with van der Waals surface area (Å²) in [6.07, 6.45) is 0. The number of hydrogen-bond acceptors (Lipinski definition) is 4. The smallest absolute Gasteiger partial charge is 0.244 e. The van der Waals surface area contributed by atoms with Crippen molar-refractivity contribution in [1.29, 1.82) is 0 Å². The fourth-order valence-corrected chi connectivity index (χ4v) is 3.16. The molecule has 0 bridgehead atoms. The summed E-state index contributed by atoms with van der Waals surface area (Å²) in [6, 6.07) is 24.6. The van der Waals surface area contributed by atoms with Gasteiger partial charge in [-0.2, -0.15) is 0 Å². The standard InChI is InChI=1S/C23H21N3O3/c1-28-20-13-7-8-14-21(20)29-16-22-25-18-11-5-6-12-19(18)26(22)15-23(27)24-17-9-3-2-4-10-17/h2-14H,15-16H2,1H3,(H,24,27). The van der Waals surface area contributed by atoms with E-state index in [0.717, 1.165) is 16.7 Å². The number of benzene rings is 3. The van der Waals surface area contributed by atoms with Crippen LogP contribution >= 0.6 is 0 Å². The Balaban J connectivity index is 1.58. The Hall–Kier alpha value is -3.80. The number of hydrogen-bond donors (Lipinski definition) is 1. The molecule has 1 N–H and O–H groups in total. The van der Waals surface area contributed by atoms with Crippen LogP contribution < -0.4 is 14.8 Å². The first-order valence-corrected chi connectivity index (χ1v) is 9.29. The minimum absolute atomic E-state index is 0.127. The molecule has 4 aromatic rings. The maximum Gasteiger partial charge on any atom is 0.244 e. The monoisotopic (exact) mass is 387 g/mol. The predicted molar refractivity (Wildman–Crippen MR) is 112 cm³/mol. The number of aromatic nitrogens is 2. The summed E-state index contributed by atoms with van der Waals surface area (Å²) in [7, 11) is 1.60. The van der Waals surface area contributed by atoms with Gasteiger partial charge in [0.2, 0.25) is 5.91 Å². The SMILES string of the molecule is COc1ccccc1OCc1nc2ccccc2n1CC(=O)Nc1ccccc1. The molecule has 1 heterocycles. The van der Waals surface area contributed by atoms with E-state index < -0.39 is 0 Å². The van der Waals surface area contributed by atoms with E-state index in [1.807, 2.05) is 83.4 Å². The van der Waals surface area contributed by atoms with Gasteiger partial charge in [-0.15, -0.1) is 0 Å². The first-order chi connectivity index (χ1) is 14.2. The normalized spacial score (nSPS) is 10.7. The van der Waals surface area contributed by atoms with Crippen LogP contribution in [-0.2, 0) is 17.9 Å². The molecule has 3 aromatic carbocycles. The molecule has 4 rings (SSSR count). The van der Waals surface area contributed by atoms with Gasteiger partial charge in [0, 0.05) is 5.69 Å². The minimum Gasteiger partial charge on any atom is -0.493 e. The van der Waals surface area contributed by atoms with E-state index in [-0.39, 0.29) is 19.1 Å². The summed E-state index contributed by atoms with van der Waals surface area (Å²) in [5.41, 5.74) is 2.46. The molecule has 0 fully saturated rings. The number of nitrogens with one attached hydrogen (secondary N) is 1. The van der Waals surface area contributed by atoms with Crippen LogP contribution in [0.15, 0.2) is 78.9 Å². The molecule has 6 nitrogen and oxygen atoms in total. The fourth-order valence-electron chi connectivity index (χ4n) is 3.16. The highest BCUT2D eigenvalue weighted by atomic mass is 16.5. The van der Waals surface area contributed by atoms with Crippen LogP contribution in [0.3, 0.4) is 0 Å². The largest absolute Gasteiger partial charge is 0.493 e. The summed E-state index contributed by atoms with van der Waals surface area (Å²) >= 11 is 0. The first-order valence-electron chi connectivity index (χ1n) is 9.29. The van der Waals surface area contributed by atoms with Crippen LogP contribution in [0.2, 0.25) is 0 Å². The highest BCUT2D eigenvalue weighted by Gasteiger charge is 2.15. The van der Waals surface area contributed by atoms with Gasteiger partial charge in [0.25, 0.3) is 0 Å². The van der Waals surface area contributed by atoms with Crippen molar-refractivity contribution in [3.63, 3.8) is 0 Å². The maximum atomic E-state index is 12.6. The number of methoxy groups -OCH3 is 1. The topological polar surface area (TPSA) is 65.4 Å². The molecule has 0 saturated carbocycles. The number of imidazole rings is 1. The minimum atomic E-state index is -0.127. The molecule has 0 spiro atoms. The van der Waals surface area contributed by atoms with Crippen LogP contribution in [0, 0.1) is 0 Å². The molecular formula is C23H21N3O3. The van der Waals surface area contributed by atoms with E-state index >= 15 is 0 Å². The third-order valence-corrected chi connectivity index (χ3v) is 4.52. The summed E-state index contributed by atoms with van der Waals surface area (Å²) in [4.78, 5) is 17.3. The molecule has 1 amide bonds. The van der Waals surface area contributed by atoms with Gasteiger partial charge in [0.05, 0.1) is 18.1 Å².